The van der Waals surface area contributed by atoms with Crippen LogP contribution in [0.2, 0.25) is 0 Å². The third-order valence-corrected chi connectivity index (χ3v) is 2.61. The second-order valence-corrected chi connectivity index (χ2v) is 5.97. The topological polar surface area (TPSA) is 0 Å². The molecule has 0 amide bonds. The van der Waals surface area contributed by atoms with E-state index in [2.05, 4.69) is 11.8 Å². The first-order chi connectivity index (χ1) is 5.56. The summed E-state index contributed by atoms with van der Waals surface area (Å²) in [6.07, 6.45) is 7.43. The molecule has 0 fully saturated rings. The molecule has 4 heteroatoms. The van der Waals surface area contributed by atoms with Crippen molar-refractivity contribution in [3.63, 3.8) is 0 Å². The SMILES string of the molecule is [SiH3]C=CCCCCCC(Cl)(Cl)Cl. The zero-order valence-electron chi connectivity index (χ0n) is 7.32. The van der Waals surface area contributed by atoms with Gasteiger partial charge < -0.3 is 0 Å². The van der Waals surface area contributed by atoms with Gasteiger partial charge in [0.05, 0.1) is 0 Å². The smallest absolute Gasteiger partial charge is 0.109 e. The summed E-state index contributed by atoms with van der Waals surface area (Å²) >= 11 is 16.8. The minimum atomic E-state index is -1.05. The van der Waals surface area contributed by atoms with Gasteiger partial charge >= 0.3 is 0 Å². The van der Waals surface area contributed by atoms with Crippen LogP contribution >= 0.6 is 34.8 Å². The predicted octanol–water partition coefficient (Wildman–Crippen LogP) is 3.19. The zero-order valence-corrected chi connectivity index (χ0v) is 11.6. The average molecular weight is 246 g/mol. The van der Waals surface area contributed by atoms with E-state index in [-0.39, 0.29) is 0 Å². The van der Waals surface area contributed by atoms with E-state index in [4.69, 9.17) is 34.8 Å². The van der Waals surface area contributed by atoms with E-state index < -0.39 is 3.79 Å². The van der Waals surface area contributed by atoms with Crippen molar-refractivity contribution < 1.29 is 0 Å². The van der Waals surface area contributed by atoms with Crippen molar-refractivity contribution in [2.45, 2.75) is 35.9 Å². The van der Waals surface area contributed by atoms with E-state index in [1.807, 2.05) is 0 Å². The van der Waals surface area contributed by atoms with Crippen molar-refractivity contribution in [2.75, 3.05) is 0 Å². The second-order valence-electron chi connectivity index (χ2n) is 2.78. The number of rotatable bonds is 5. The lowest BCUT2D eigenvalue weighted by molar-refractivity contribution is 0.654. The van der Waals surface area contributed by atoms with Crippen LogP contribution in [0, 0.1) is 0 Å². The Morgan fingerprint density at radius 2 is 1.75 bits per heavy atom. The van der Waals surface area contributed by atoms with Crippen LogP contribution in [0.5, 0.6) is 0 Å². The van der Waals surface area contributed by atoms with Gasteiger partial charge in [0.25, 0.3) is 0 Å². The summed E-state index contributed by atoms with van der Waals surface area (Å²) in [6.45, 7) is 0. The van der Waals surface area contributed by atoms with E-state index in [1.165, 1.54) is 12.8 Å². The molecule has 0 saturated heterocycles. The fourth-order valence-electron chi connectivity index (χ4n) is 0.931. The predicted molar refractivity (Wildman–Crippen MR) is 62.5 cm³/mol. The molecule has 0 nitrogen and oxygen atoms in total. The Morgan fingerprint density at radius 1 is 1.08 bits per heavy atom. The van der Waals surface area contributed by atoms with Gasteiger partial charge in [-0.25, -0.2) is 0 Å². The number of halogens is 3. The lowest BCUT2D eigenvalue weighted by Crippen LogP contribution is -2.00. The molecule has 0 bridgehead atoms. The van der Waals surface area contributed by atoms with Crippen LogP contribution in [-0.2, 0) is 0 Å². The van der Waals surface area contributed by atoms with E-state index in [0.29, 0.717) is 6.42 Å². The van der Waals surface area contributed by atoms with Crippen molar-refractivity contribution in [3.05, 3.63) is 11.8 Å². The highest BCUT2D eigenvalue weighted by Gasteiger charge is 2.17. The van der Waals surface area contributed by atoms with Crippen molar-refractivity contribution in [3.8, 4) is 0 Å². The maximum absolute atomic E-state index is 5.60. The van der Waals surface area contributed by atoms with Gasteiger partial charge in [-0.1, -0.05) is 47.3 Å². The standard InChI is InChI=1S/C8H15Cl3Si/c9-8(10,11)6-4-2-1-3-5-7-12/h5,7H,1-4,6H2,12H3. The quantitative estimate of drug-likeness (QED) is 0.396. The van der Waals surface area contributed by atoms with Gasteiger partial charge in [0.2, 0.25) is 0 Å². The molecule has 0 radical (unpaired) electrons. The van der Waals surface area contributed by atoms with E-state index in [0.717, 1.165) is 23.1 Å². The monoisotopic (exact) mass is 244 g/mol. The minimum absolute atomic E-state index is 0.669. The molecule has 0 aliphatic heterocycles. The Kier molecular flexibility index (Phi) is 7.75. The lowest BCUT2D eigenvalue weighted by Gasteiger charge is -2.08. The summed E-state index contributed by atoms with van der Waals surface area (Å²) in [4.78, 5) is 0. The Bertz CT molecular complexity index is 129. The van der Waals surface area contributed by atoms with Crippen molar-refractivity contribution in [2.24, 2.45) is 0 Å². The molecular formula is C8H15Cl3Si. The first-order valence-electron chi connectivity index (χ1n) is 4.24. The molecular weight excluding hydrogens is 231 g/mol. The molecule has 0 saturated carbocycles. The molecule has 0 aromatic heterocycles. The summed E-state index contributed by atoms with van der Waals surface area (Å²) in [6, 6.07) is 0. The molecule has 0 atom stereocenters. The third-order valence-electron chi connectivity index (χ3n) is 1.57. The number of allylic oxidation sites excluding steroid dienone is 1. The summed E-state index contributed by atoms with van der Waals surface area (Å²) in [5.41, 5.74) is 2.20. The van der Waals surface area contributed by atoms with Crippen LogP contribution in [0.25, 0.3) is 0 Å². The zero-order chi connectivity index (χ0) is 9.45. The van der Waals surface area contributed by atoms with Crippen molar-refractivity contribution in [1.29, 1.82) is 0 Å². The Balaban J connectivity index is 3.11. The Hall–Kier alpha value is 0.827. The number of hydrogen-bond acceptors (Lipinski definition) is 0. The van der Waals surface area contributed by atoms with Gasteiger partial charge in [-0.15, -0.1) is 5.70 Å². The van der Waals surface area contributed by atoms with Gasteiger partial charge in [-0.3, -0.25) is 0 Å². The van der Waals surface area contributed by atoms with Crippen LogP contribution < -0.4 is 0 Å². The normalized spacial score (nSPS) is 12.9. The Morgan fingerprint density at radius 3 is 2.25 bits per heavy atom. The summed E-state index contributed by atoms with van der Waals surface area (Å²) in [5, 5.41) is 0. The molecule has 0 aromatic rings. The molecule has 0 aromatic carbocycles. The molecule has 0 rings (SSSR count). The molecule has 0 aliphatic rings. The van der Waals surface area contributed by atoms with Crippen LogP contribution in [0.1, 0.15) is 32.1 Å². The highest BCUT2D eigenvalue weighted by atomic mass is 35.6. The largest absolute Gasteiger partial charge is 0.190 e. The summed E-state index contributed by atoms with van der Waals surface area (Å²) in [5.74, 6) is 0. The van der Waals surface area contributed by atoms with Gasteiger partial charge in [0.1, 0.15) is 0 Å². The second kappa shape index (κ2) is 7.25. The lowest BCUT2D eigenvalue weighted by atomic mass is 10.1. The molecule has 0 heterocycles. The molecule has 72 valence electrons. The van der Waals surface area contributed by atoms with Crippen LogP contribution in [0.3, 0.4) is 0 Å². The van der Waals surface area contributed by atoms with Gasteiger partial charge in [0.15, 0.2) is 3.79 Å². The van der Waals surface area contributed by atoms with E-state index in [9.17, 15) is 0 Å². The van der Waals surface area contributed by atoms with Crippen LogP contribution in [0.4, 0.5) is 0 Å². The third kappa shape index (κ3) is 10.8. The average Bonchev–Trinajstić information content (AvgIpc) is 1.94. The van der Waals surface area contributed by atoms with Crippen molar-refractivity contribution >= 4 is 45.0 Å². The van der Waals surface area contributed by atoms with Crippen LogP contribution in [-0.4, -0.2) is 14.0 Å². The Labute approximate surface area is 92.7 Å². The number of alkyl halides is 3. The molecule has 0 aliphatic carbocycles. The van der Waals surface area contributed by atoms with Gasteiger partial charge in [-0.2, -0.15) is 0 Å². The summed E-state index contributed by atoms with van der Waals surface area (Å²) in [7, 11) is 1.16. The van der Waals surface area contributed by atoms with Gasteiger partial charge in [0, 0.05) is 10.2 Å². The van der Waals surface area contributed by atoms with Crippen LogP contribution in [0.15, 0.2) is 11.8 Å². The number of hydrogen-bond donors (Lipinski definition) is 0. The van der Waals surface area contributed by atoms with E-state index in [1.54, 1.807) is 0 Å². The van der Waals surface area contributed by atoms with E-state index >= 15 is 0 Å². The maximum Gasteiger partial charge on any atom is 0.190 e. The first kappa shape index (κ1) is 12.8. The molecule has 12 heavy (non-hydrogen) atoms. The molecule has 0 unspecified atom stereocenters. The van der Waals surface area contributed by atoms with Gasteiger partial charge in [-0.05, 0) is 25.7 Å². The van der Waals surface area contributed by atoms with Crippen molar-refractivity contribution in [1.82, 2.24) is 0 Å². The highest BCUT2D eigenvalue weighted by molar-refractivity contribution is 6.67. The minimum Gasteiger partial charge on any atom is -0.109 e. The molecule has 0 N–H and O–H groups in total. The molecule has 0 spiro atoms. The first-order valence-corrected chi connectivity index (χ1v) is 6.53. The number of unbranched alkanes of at least 4 members (excludes halogenated alkanes) is 3. The highest BCUT2D eigenvalue weighted by Crippen LogP contribution is 2.31. The maximum atomic E-state index is 5.60. The fourth-order valence-corrected chi connectivity index (χ4v) is 1.67. The fraction of sp³-hybridized carbons (Fsp3) is 0.750. The summed E-state index contributed by atoms with van der Waals surface area (Å²) < 4.78 is -1.05.